The molecule has 3 aromatic rings. The Morgan fingerprint density at radius 1 is 1.07 bits per heavy atom. The number of nitrogens with one attached hydrogen (secondary N) is 1. The Bertz CT molecular complexity index is 1550. The number of fused-ring (bicyclic) bond motifs is 1. The first-order chi connectivity index (χ1) is 18.4. The molecule has 0 saturated heterocycles. The lowest BCUT2D eigenvalue weighted by Gasteiger charge is -2.40. The fraction of sp³-hybridized carbons (Fsp3) is 0.435. The second kappa shape index (κ2) is 11.4. The molecule has 0 unspecified atom stereocenters. The van der Waals surface area contributed by atoms with Crippen molar-refractivity contribution in [2.75, 3.05) is 7.11 Å². The standard InChI is InChI=1S/C20H24F5N5O3S.C2HF3O2.CH4/c1-6-11(2)33-19-13(4)12(3)18-27-29(20(26)30(18)28-19)10-17(31)14-7-15(32-5)9-16(8-14)34(21,22,23,24)25;3-2(4,5)1(6)7;/h7-9,11,26H,6,10H2,1-5H3;(H,6,7);1H4/t11-;;/m0../s1. The molecule has 42 heavy (non-hydrogen) atoms. The van der Waals surface area contributed by atoms with Crippen molar-refractivity contribution in [1.82, 2.24) is 19.4 Å². The lowest BCUT2D eigenvalue weighted by atomic mass is 10.1. The Kier molecular flexibility index (Phi) is 9.81. The van der Waals surface area contributed by atoms with Gasteiger partial charge < -0.3 is 14.6 Å². The highest BCUT2D eigenvalue weighted by Crippen LogP contribution is 3.02. The number of halogens is 8. The highest BCUT2D eigenvalue weighted by Gasteiger charge is 2.65. The summed E-state index contributed by atoms with van der Waals surface area (Å²) in [7, 11) is -9.07. The van der Waals surface area contributed by atoms with Crippen molar-refractivity contribution < 1.29 is 56.8 Å². The molecule has 10 nitrogen and oxygen atoms in total. The fourth-order valence-corrected chi connectivity index (χ4v) is 3.72. The van der Waals surface area contributed by atoms with Gasteiger partial charge in [-0.05, 0) is 39.3 Å². The third-order valence-corrected chi connectivity index (χ3v) is 6.70. The van der Waals surface area contributed by atoms with E-state index in [0.29, 0.717) is 17.5 Å². The monoisotopic (exact) mass is 639 g/mol. The first-order valence-corrected chi connectivity index (χ1v) is 13.3. The van der Waals surface area contributed by atoms with Gasteiger partial charge in [0.1, 0.15) is 17.2 Å². The van der Waals surface area contributed by atoms with Crippen LogP contribution in [0.15, 0.2) is 23.1 Å². The topological polar surface area (TPSA) is 132 Å². The van der Waals surface area contributed by atoms with Gasteiger partial charge in [-0.15, -0.1) is 10.2 Å². The first kappa shape index (κ1) is 36.1. The minimum atomic E-state index is -10.1. The molecule has 2 heterocycles. The van der Waals surface area contributed by atoms with Crippen molar-refractivity contribution in [2.45, 2.75) is 65.3 Å². The number of carbonyl (C=O) groups is 2. The predicted molar refractivity (Wildman–Crippen MR) is 136 cm³/mol. The smallest absolute Gasteiger partial charge is 0.490 e. The number of nitrogens with zero attached hydrogens (tertiary/aromatic N) is 4. The first-order valence-electron chi connectivity index (χ1n) is 11.3. The molecule has 0 fully saturated rings. The second-order valence-electron chi connectivity index (χ2n) is 8.70. The minimum absolute atomic E-state index is 0. The number of methoxy groups -OCH3 is 1. The van der Waals surface area contributed by atoms with Crippen LogP contribution in [0.5, 0.6) is 11.6 Å². The SMILES string of the molecule is C.CC[C@H](C)Oc1nn2c(=N)n(CC(=O)c3cc(OC)cc(S(F)(F)(F)(F)F)c3)nc2c(C)c1C.O=C(O)C(F)(F)F. The average molecular weight is 640 g/mol. The summed E-state index contributed by atoms with van der Waals surface area (Å²) in [4.78, 5) is 19.4. The molecule has 238 valence electrons. The van der Waals surface area contributed by atoms with Crippen LogP contribution in [-0.4, -0.2) is 55.6 Å². The van der Waals surface area contributed by atoms with Crippen molar-refractivity contribution >= 4 is 27.6 Å². The molecule has 1 atom stereocenters. The molecule has 0 spiro atoms. The normalized spacial score (nSPS) is 14.0. The number of rotatable bonds is 8. The summed E-state index contributed by atoms with van der Waals surface area (Å²) < 4.78 is 111. The van der Waals surface area contributed by atoms with Gasteiger partial charge in [0.15, 0.2) is 11.4 Å². The Hall–Kier alpha value is -3.90. The Morgan fingerprint density at radius 3 is 2.07 bits per heavy atom. The quantitative estimate of drug-likeness (QED) is 0.209. The molecule has 2 aromatic heterocycles. The maximum Gasteiger partial charge on any atom is 0.490 e. The number of aliphatic carboxylic acids is 1. The number of carbonyl (C=O) groups excluding carboxylic acids is 1. The molecular weight excluding hydrogens is 610 g/mol. The molecule has 0 bridgehead atoms. The Labute approximate surface area is 234 Å². The molecule has 0 aliphatic rings. The molecule has 0 amide bonds. The van der Waals surface area contributed by atoms with E-state index in [2.05, 4.69) is 14.9 Å². The molecule has 0 radical (unpaired) electrons. The predicted octanol–water partition coefficient (Wildman–Crippen LogP) is 6.62. The highest BCUT2D eigenvalue weighted by molar-refractivity contribution is 8.45. The number of aryl methyl sites for hydroxylation is 1. The van der Waals surface area contributed by atoms with Crippen molar-refractivity contribution in [1.29, 1.82) is 5.41 Å². The van der Waals surface area contributed by atoms with Gasteiger partial charge in [0, 0.05) is 22.8 Å². The summed E-state index contributed by atoms with van der Waals surface area (Å²) >= 11 is 0. The molecule has 2 N–H and O–H groups in total. The molecule has 0 aliphatic carbocycles. The van der Waals surface area contributed by atoms with E-state index in [4.69, 9.17) is 20.0 Å². The van der Waals surface area contributed by atoms with Crippen molar-refractivity contribution in [2.24, 2.45) is 0 Å². The zero-order valence-corrected chi connectivity index (χ0v) is 22.8. The van der Waals surface area contributed by atoms with Gasteiger partial charge in [0.05, 0.1) is 13.2 Å². The third-order valence-electron chi connectivity index (χ3n) is 5.58. The number of ether oxygens (including phenoxy) is 2. The molecular formula is C23H29F8N5O5S. The number of alkyl halides is 3. The van der Waals surface area contributed by atoms with E-state index in [0.717, 1.165) is 22.4 Å². The largest absolute Gasteiger partial charge is 0.497 e. The fourth-order valence-electron chi connectivity index (χ4n) is 3.03. The molecule has 3 rings (SSSR count). The average Bonchev–Trinajstić information content (AvgIpc) is 3.15. The maximum absolute atomic E-state index is 13.3. The summed E-state index contributed by atoms with van der Waals surface area (Å²) in [6, 6.07) is 1.14. The van der Waals surface area contributed by atoms with Crippen LogP contribution in [0.2, 0.25) is 0 Å². The number of Topliss-reactive ketones (excluding diaryl/α,β-unsaturated/α-hetero) is 1. The molecule has 1 aromatic carbocycles. The zero-order chi connectivity index (χ0) is 31.8. The van der Waals surface area contributed by atoms with E-state index in [1.54, 1.807) is 13.8 Å². The van der Waals surface area contributed by atoms with Gasteiger partial charge >= 0.3 is 22.4 Å². The van der Waals surface area contributed by atoms with Crippen LogP contribution in [0.4, 0.5) is 32.6 Å². The lowest BCUT2D eigenvalue weighted by Crippen LogP contribution is -2.27. The van der Waals surface area contributed by atoms with Crippen LogP contribution in [0.3, 0.4) is 0 Å². The summed E-state index contributed by atoms with van der Waals surface area (Å²) in [5, 5.41) is 23.9. The zero-order valence-electron chi connectivity index (χ0n) is 22.0. The summed E-state index contributed by atoms with van der Waals surface area (Å²) in [6.45, 7) is 6.57. The second-order valence-corrected chi connectivity index (χ2v) is 11.1. The minimum Gasteiger partial charge on any atom is -0.497 e. The number of ketones is 1. The van der Waals surface area contributed by atoms with E-state index in [-0.39, 0.29) is 42.8 Å². The summed E-state index contributed by atoms with van der Waals surface area (Å²) in [5.74, 6) is -4.01. The highest BCUT2D eigenvalue weighted by atomic mass is 32.5. The van der Waals surface area contributed by atoms with Gasteiger partial charge in [0.25, 0.3) is 0 Å². The third kappa shape index (κ3) is 8.56. The van der Waals surface area contributed by atoms with E-state index in [1.807, 2.05) is 13.8 Å². The van der Waals surface area contributed by atoms with Gasteiger partial charge in [-0.2, -0.15) is 17.7 Å². The number of carboxylic acid groups (broad SMARTS) is 1. The van der Waals surface area contributed by atoms with Crippen LogP contribution < -0.4 is 15.1 Å². The van der Waals surface area contributed by atoms with Crippen LogP contribution in [0.1, 0.15) is 49.2 Å². The van der Waals surface area contributed by atoms with Crippen molar-refractivity contribution in [3.05, 3.63) is 40.5 Å². The van der Waals surface area contributed by atoms with Crippen molar-refractivity contribution in [3.8, 4) is 11.6 Å². The summed E-state index contributed by atoms with van der Waals surface area (Å²) in [6.07, 6.45) is -4.52. The number of carboxylic acids is 1. The number of aromatic nitrogens is 4. The van der Waals surface area contributed by atoms with Crippen LogP contribution in [-0.2, 0) is 11.3 Å². The van der Waals surface area contributed by atoms with E-state index < -0.39 is 50.9 Å². The van der Waals surface area contributed by atoms with Gasteiger partial charge in [-0.3, -0.25) is 10.2 Å². The summed E-state index contributed by atoms with van der Waals surface area (Å²) in [5.41, 5.74) is 0.525. The van der Waals surface area contributed by atoms with E-state index >= 15 is 0 Å². The van der Waals surface area contributed by atoms with E-state index in [9.17, 15) is 37.4 Å². The van der Waals surface area contributed by atoms with E-state index in [1.165, 1.54) is 0 Å². The van der Waals surface area contributed by atoms with Crippen LogP contribution in [0.25, 0.3) is 5.65 Å². The van der Waals surface area contributed by atoms with Crippen LogP contribution >= 0.6 is 10.2 Å². The Balaban J connectivity index is 0.000000981. The van der Waals surface area contributed by atoms with Gasteiger partial charge in [-0.1, -0.05) is 33.8 Å². The van der Waals surface area contributed by atoms with Crippen molar-refractivity contribution in [3.63, 3.8) is 0 Å². The van der Waals surface area contributed by atoms with Crippen LogP contribution in [0, 0.1) is 19.3 Å². The maximum atomic E-state index is 13.3. The molecule has 0 saturated carbocycles. The molecule has 0 aliphatic heterocycles. The van der Waals surface area contributed by atoms with Gasteiger partial charge in [-0.25, -0.2) is 9.48 Å². The number of hydrogen-bond donors (Lipinski definition) is 2. The number of benzene rings is 1. The van der Waals surface area contributed by atoms with Gasteiger partial charge in [0.2, 0.25) is 11.5 Å². The Morgan fingerprint density at radius 2 is 1.62 bits per heavy atom. The number of hydrogen-bond acceptors (Lipinski definition) is 7. The molecule has 19 heteroatoms. The lowest BCUT2D eigenvalue weighted by molar-refractivity contribution is -0.192.